The number of methoxy groups -OCH3 is 2. The molecule has 0 radical (unpaired) electrons. The van der Waals surface area contributed by atoms with Crippen LogP contribution in [-0.2, 0) is 6.42 Å². The number of halogens is 2. The molecule has 0 aliphatic carbocycles. The monoisotopic (exact) mass is 556 g/mol. The predicted molar refractivity (Wildman–Crippen MR) is 136 cm³/mol. The molecule has 7 nitrogen and oxygen atoms in total. The number of H-pyrrole nitrogens is 1. The van der Waals surface area contributed by atoms with Crippen molar-refractivity contribution in [1.82, 2.24) is 15.6 Å². The maximum Gasteiger partial charge on any atom is 0.191 e. The Morgan fingerprint density at radius 3 is 2.69 bits per heavy atom. The molecule has 0 saturated heterocycles. The number of aromatic nitrogens is 1. The van der Waals surface area contributed by atoms with Crippen LogP contribution in [0.3, 0.4) is 0 Å². The van der Waals surface area contributed by atoms with Crippen LogP contribution in [0.15, 0.2) is 47.6 Å². The highest BCUT2D eigenvalue weighted by atomic mass is 127. The lowest BCUT2D eigenvalue weighted by Crippen LogP contribution is -2.38. The molecule has 0 saturated carbocycles. The van der Waals surface area contributed by atoms with Crippen molar-refractivity contribution in [1.29, 1.82) is 0 Å². The predicted octanol–water partition coefficient (Wildman–Crippen LogP) is 3.77. The number of aliphatic imine (C=N–C) groups is 1. The highest BCUT2D eigenvalue weighted by Gasteiger charge is 2.15. The van der Waals surface area contributed by atoms with Gasteiger partial charge in [0.1, 0.15) is 23.4 Å². The second kappa shape index (κ2) is 12.5. The second-order valence-electron chi connectivity index (χ2n) is 7.02. The zero-order valence-corrected chi connectivity index (χ0v) is 20.8. The van der Waals surface area contributed by atoms with E-state index in [2.05, 4.69) is 20.6 Å². The third kappa shape index (κ3) is 6.49. The molecule has 0 amide bonds. The number of guanidine groups is 1. The minimum atomic E-state index is -0.850. The molecule has 2 aromatic carbocycles. The number of benzene rings is 2. The van der Waals surface area contributed by atoms with Crippen LogP contribution in [0.25, 0.3) is 10.9 Å². The third-order valence-corrected chi connectivity index (χ3v) is 4.98. The van der Waals surface area contributed by atoms with E-state index in [9.17, 15) is 9.50 Å². The first kappa shape index (κ1) is 25.7. The fraction of sp³-hybridized carbons (Fsp3) is 0.348. The Kier molecular flexibility index (Phi) is 10.0. The van der Waals surface area contributed by atoms with Crippen molar-refractivity contribution in [2.45, 2.75) is 19.4 Å². The van der Waals surface area contributed by atoms with Crippen LogP contribution < -0.4 is 20.1 Å². The van der Waals surface area contributed by atoms with Crippen LogP contribution in [-0.4, -0.2) is 49.9 Å². The summed E-state index contributed by atoms with van der Waals surface area (Å²) in [5.41, 5.74) is 2.55. The first-order valence-corrected chi connectivity index (χ1v) is 10.2. The van der Waals surface area contributed by atoms with Gasteiger partial charge in [0.2, 0.25) is 0 Å². The van der Waals surface area contributed by atoms with Gasteiger partial charge in [-0.3, -0.25) is 4.99 Å². The largest absolute Gasteiger partial charge is 0.497 e. The highest BCUT2D eigenvalue weighted by molar-refractivity contribution is 14.0. The van der Waals surface area contributed by atoms with Crippen molar-refractivity contribution < 1.29 is 19.0 Å². The zero-order valence-electron chi connectivity index (χ0n) is 18.4. The summed E-state index contributed by atoms with van der Waals surface area (Å²) in [6.07, 6.45) is 1.74. The maximum absolute atomic E-state index is 13.6. The summed E-state index contributed by atoms with van der Waals surface area (Å²) in [4.78, 5) is 7.66. The Hall–Kier alpha value is -2.53. The zero-order chi connectivity index (χ0) is 22.2. The van der Waals surface area contributed by atoms with Gasteiger partial charge in [0, 0.05) is 35.8 Å². The standard InChI is InChI=1S/C23H29FN4O3.HI/c1-4-25-23(26-10-9-15-13-27-20-7-5-16(24)11-18(15)20)28-14-21(29)19-12-17(30-2)6-8-22(19)31-3;/h5-8,11-13,21,27,29H,4,9-10,14H2,1-3H3,(H2,25,26,28);1H. The molecule has 0 spiro atoms. The fourth-order valence-electron chi connectivity index (χ4n) is 3.39. The van der Waals surface area contributed by atoms with Gasteiger partial charge < -0.3 is 30.2 Å². The topological polar surface area (TPSA) is 90.9 Å². The number of aliphatic hydroxyl groups excluding tert-OH is 1. The second-order valence-corrected chi connectivity index (χ2v) is 7.02. The summed E-state index contributed by atoms with van der Waals surface area (Å²) < 4.78 is 24.2. The van der Waals surface area contributed by atoms with Crippen molar-refractivity contribution >= 4 is 40.8 Å². The number of ether oxygens (including phenoxy) is 2. The van der Waals surface area contributed by atoms with E-state index in [1.54, 1.807) is 44.6 Å². The molecule has 1 atom stereocenters. The summed E-state index contributed by atoms with van der Waals surface area (Å²) in [6, 6.07) is 10.0. The molecule has 3 aromatic rings. The van der Waals surface area contributed by atoms with Gasteiger partial charge in [0.25, 0.3) is 0 Å². The van der Waals surface area contributed by atoms with Gasteiger partial charge in [-0.15, -0.1) is 24.0 Å². The van der Waals surface area contributed by atoms with Gasteiger partial charge in [-0.25, -0.2) is 4.39 Å². The van der Waals surface area contributed by atoms with E-state index >= 15 is 0 Å². The molecule has 32 heavy (non-hydrogen) atoms. The van der Waals surface area contributed by atoms with Gasteiger partial charge in [-0.1, -0.05) is 0 Å². The molecule has 174 valence electrons. The van der Waals surface area contributed by atoms with Crippen molar-refractivity contribution in [2.75, 3.05) is 33.9 Å². The number of hydrogen-bond acceptors (Lipinski definition) is 4. The third-order valence-electron chi connectivity index (χ3n) is 4.98. The Bertz CT molecular complexity index is 1040. The van der Waals surface area contributed by atoms with E-state index in [1.165, 1.54) is 6.07 Å². The summed E-state index contributed by atoms with van der Waals surface area (Å²) in [7, 11) is 3.13. The number of nitrogens with zero attached hydrogens (tertiary/aromatic N) is 1. The Morgan fingerprint density at radius 2 is 1.97 bits per heavy atom. The fourth-order valence-corrected chi connectivity index (χ4v) is 3.39. The molecular formula is C23H30FIN4O3. The van der Waals surface area contributed by atoms with Crippen molar-refractivity contribution in [3.63, 3.8) is 0 Å². The van der Waals surface area contributed by atoms with E-state index < -0.39 is 6.10 Å². The Labute approximate surface area is 204 Å². The number of rotatable bonds is 9. The maximum atomic E-state index is 13.6. The van der Waals surface area contributed by atoms with E-state index in [4.69, 9.17) is 9.47 Å². The molecule has 1 aromatic heterocycles. The Balaban J connectivity index is 0.00000363. The number of fused-ring (bicyclic) bond motifs is 1. The molecule has 3 rings (SSSR count). The van der Waals surface area contributed by atoms with Crippen molar-refractivity contribution in [3.8, 4) is 11.5 Å². The molecule has 4 N–H and O–H groups in total. The number of aromatic amines is 1. The highest BCUT2D eigenvalue weighted by Crippen LogP contribution is 2.29. The van der Waals surface area contributed by atoms with Crippen LogP contribution in [0, 0.1) is 5.82 Å². The van der Waals surface area contributed by atoms with Crippen molar-refractivity contribution in [3.05, 3.63) is 59.5 Å². The van der Waals surface area contributed by atoms with Crippen LogP contribution in [0.4, 0.5) is 4.39 Å². The average Bonchev–Trinajstić information content (AvgIpc) is 3.18. The average molecular weight is 556 g/mol. The van der Waals surface area contributed by atoms with E-state index in [0.29, 0.717) is 42.5 Å². The SMILES string of the molecule is CCNC(=NCC(O)c1cc(OC)ccc1OC)NCCc1c[nH]c2ccc(F)cc12.I. The normalized spacial score (nSPS) is 12.2. The van der Waals surface area contributed by atoms with Crippen LogP contribution >= 0.6 is 24.0 Å². The van der Waals surface area contributed by atoms with Gasteiger partial charge >= 0.3 is 0 Å². The quantitative estimate of drug-likeness (QED) is 0.183. The Morgan fingerprint density at radius 1 is 1.16 bits per heavy atom. The van der Waals surface area contributed by atoms with E-state index in [0.717, 1.165) is 16.5 Å². The molecule has 9 heteroatoms. The smallest absolute Gasteiger partial charge is 0.191 e. The number of hydrogen-bond donors (Lipinski definition) is 4. The molecule has 1 unspecified atom stereocenters. The van der Waals surface area contributed by atoms with Gasteiger partial charge in [-0.05, 0) is 55.3 Å². The minimum absolute atomic E-state index is 0. The molecule has 1 heterocycles. The first-order chi connectivity index (χ1) is 15.0. The van der Waals surface area contributed by atoms with Gasteiger partial charge in [0.15, 0.2) is 5.96 Å². The molecular weight excluding hydrogens is 526 g/mol. The van der Waals surface area contributed by atoms with E-state index in [-0.39, 0.29) is 36.3 Å². The molecule has 0 bridgehead atoms. The lowest BCUT2D eigenvalue weighted by molar-refractivity contribution is 0.182. The molecule has 0 aliphatic heterocycles. The lowest BCUT2D eigenvalue weighted by Gasteiger charge is -2.16. The van der Waals surface area contributed by atoms with Gasteiger partial charge in [0.05, 0.1) is 20.8 Å². The van der Waals surface area contributed by atoms with Crippen molar-refractivity contribution in [2.24, 2.45) is 4.99 Å². The van der Waals surface area contributed by atoms with Crippen LogP contribution in [0.5, 0.6) is 11.5 Å². The summed E-state index contributed by atoms with van der Waals surface area (Å²) in [6.45, 7) is 3.41. The molecule has 0 aliphatic rings. The summed E-state index contributed by atoms with van der Waals surface area (Å²) in [5.74, 6) is 1.56. The van der Waals surface area contributed by atoms with Crippen LogP contribution in [0.2, 0.25) is 0 Å². The van der Waals surface area contributed by atoms with Gasteiger partial charge in [-0.2, -0.15) is 0 Å². The summed E-state index contributed by atoms with van der Waals surface area (Å²) >= 11 is 0. The van der Waals surface area contributed by atoms with Crippen LogP contribution in [0.1, 0.15) is 24.2 Å². The first-order valence-electron chi connectivity index (χ1n) is 10.2. The number of aliphatic hydroxyl groups is 1. The minimum Gasteiger partial charge on any atom is -0.497 e. The lowest BCUT2D eigenvalue weighted by atomic mass is 10.1. The summed E-state index contributed by atoms with van der Waals surface area (Å²) in [5, 5.41) is 18.0. The molecule has 0 fully saturated rings. The van der Waals surface area contributed by atoms with E-state index in [1.807, 2.05) is 13.1 Å². The number of nitrogens with one attached hydrogen (secondary N) is 3.